The predicted molar refractivity (Wildman–Crippen MR) is 89.7 cm³/mol. The van der Waals surface area contributed by atoms with Crippen molar-refractivity contribution >= 4 is 11.0 Å². The largest absolute Gasteiger partial charge is 0.328 e. The molecular formula is C19H28N2. The minimum atomic E-state index is 0.738. The van der Waals surface area contributed by atoms with Crippen LogP contribution in [0.25, 0.3) is 11.0 Å². The van der Waals surface area contributed by atoms with E-state index in [1.54, 1.807) is 0 Å². The van der Waals surface area contributed by atoms with Crippen molar-refractivity contribution in [2.45, 2.75) is 77.2 Å². The molecule has 1 aliphatic rings. The monoisotopic (exact) mass is 284 g/mol. The summed E-state index contributed by atoms with van der Waals surface area (Å²) in [5.41, 5.74) is 2.52. The van der Waals surface area contributed by atoms with Crippen LogP contribution >= 0.6 is 0 Å². The van der Waals surface area contributed by atoms with Crippen molar-refractivity contribution in [2.75, 3.05) is 0 Å². The molecular weight excluding hydrogens is 256 g/mol. The van der Waals surface area contributed by atoms with Gasteiger partial charge in [-0.2, -0.15) is 0 Å². The van der Waals surface area contributed by atoms with E-state index in [1.807, 2.05) is 0 Å². The topological polar surface area (TPSA) is 17.8 Å². The van der Waals surface area contributed by atoms with Gasteiger partial charge in [0.15, 0.2) is 0 Å². The normalized spacial score (nSPS) is 14.9. The fraction of sp³-hybridized carbons (Fsp3) is 0.632. The number of fused-ring (bicyclic) bond motifs is 1. The number of hydrogen-bond donors (Lipinski definition) is 0. The third-order valence-corrected chi connectivity index (χ3v) is 4.61. The van der Waals surface area contributed by atoms with Crippen LogP contribution in [0.4, 0.5) is 0 Å². The lowest BCUT2D eigenvalue weighted by Gasteiger charge is -2.08. The first kappa shape index (κ1) is 14.6. The Labute approximate surface area is 128 Å². The lowest BCUT2D eigenvalue weighted by atomic mass is 10.1. The molecule has 1 aliphatic carbocycles. The molecule has 114 valence electrons. The van der Waals surface area contributed by atoms with Crippen LogP contribution < -0.4 is 0 Å². The molecule has 0 atom stereocenters. The summed E-state index contributed by atoms with van der Waals surface area (Å²) in [6.07, 6.45) is 12.3. The highest BCUT2D eigenvalue weighted by molar-refractivity contribution is 5.76. The molecule has 0 radical (unpaired) electrons. The van der Waals surface area contributed by atoms with Gasteiger partial charge in [0.1, 0.15) is 5.82 Å². The van der Waals surface area contributed by atoms with Gasteiger partial charge < -0.3 is 4.57 Å². The number of nitrogens with zero attached hydrogens (tertiary/aromatic N) is 2. The minimum absolute atomic E-state index is 0.738. The van der Waals surface area contributed by atoms with Crippen LogP contribution in [0, 0.1) is 0 Å². The van der Waals surface area contributed by atoms with Crippen molar-refractivity contribution < 1.29 is 0 Å². The minimum Gasteiger partial charge on any atom is -0.328 e. The fourth-order valence-corrected chi connectivity index (χ4v) is 3.21. The van der Waals surface area contributed by atoms with E-state index >= 15 is 0 Å². The highest BCUT2D eigenvalue weighted by Gasteiger charge is 2.29. The fourth-order valence-electron chi connectivity index (χ4n) is 3.21. The van der Waals surface area contributed by atoms with Crippen molar-refractivity contribution in [3.8, 4) is 0 Å². The molecule has 0 aliphatic heterocycles. The van der Waals surface area contributed by atoms with Gasteiger partial charge in [-0.15, -0.1) is 0 Å². The standard InChI is InChI=1S/C19H28N2/c1-2-3-4-5-6-7-10-15-21-18-12-9-8-11-17(18)20-19(21)16-13-14-16/h8-9,11-12,16H,2-7,10,13-15H2,1H3. The molecule has 1 fully saturated rings. The summed E-state index contributed by atoms with van der Waals surface area (Å²) < 4.78 is 2.50. The smallest absolute Gasteiger partial charge is 0.112 e. The Morgan fingerprint density at radius 2 is 1.71 bits per heavy atom. The summed E-state index contributed by atoms with van der Waals surface area (Å²) in [5.74, 6) is 2.09. The summed E-state index contributed by atoms with van der Waals surface area (Å²) in [7, 11) is 0. The van der Waals surface area contributed by atoms with E-state index in [0.29, 0.717) is 0 Å². The Bertz CT molecular complexity index is 566. The van der Waals surface area contributed by atoms with E-state index in [9.17, 15) is 0 Å². The van der Waals surface area contributed by atoms with E-state index in [4.69, 9.17) is 4.98 Å². The number of rotatable bonds is 9. The maximum absolute atomic E-state index is 4.88. The maximum Gasteiger partial charge on any atom is 0.112 e. The molecule has 2 heteroatoms. The van der Waals surface area contributed by atoms with Crippen LogP contribution in [-0.4, -0.2) is 9.55 Å². The lowest BCUT2D eigenvalue weighted by molar-refractivity contribution is 0.546. The molecule has 0 saturated heterocycles. The molecule has 1 heterocycles. The van der Waals surface area contributed by atoms with Gasteiger partial charge in [0.25, 0.3) is 0 Å². The van der Waals surface area contributed by atoms with Gasteiger partial charge in [0.2, 0.25) is 0 Å². The van der Waals surface area contributed by atoms with E-state index in [1.165, 1.54) is 74.6 Å². The second kappa shape index (κ2) is 7.11. The zero-order valence-electron chi connectivity index (χ0n) is 13.4. The highest BCUT2D eigenvalue weighted by atomic mass is 15.1. The molecule has 0 spiro atoms. The number of benzene rings is 1. The maximum atomic E-state index is 4.88. The number of hydrogen-bond acceptors (Lipinski definition) is 1. The van der Waals surface area contributed by atoms with Crippen LogP contribution in [0.5, 0.6) is 0 Å². The van der Waals surface area contributed by atoms with Crippen LogP contribution in [0.1, 0.15) is 76.5 Å². The van der Waals surface area contributed by atoms with E-state index in [2.05, 4.69) is 35.8 Å². The molecule has 1 aromatic heterocycles. The number of aryl methyl sites for hydroxylation is 1. The first-order chi connectivity index (χ1) is 10.4. The molecule has 3 rings (SSSR count). The summed E-state index contributed by atoms with van der Waals surface area (Å²) >= 11 is 0. The Hall–Kier alpha value is -1.31. The van der Waals surface area contributed by atoms with E-state index in [-0.39, 0.29) is 0 Å². The van der Waals surface area contributed by atoms with Gasteiger partial charge in [0, 0.05) is 12.5 Å². The summed E-state index contributed by atoms with van der Waals surface area (Å²) in [6, 6.07) is 8.63. The third kappa shape index (κ3) is 3.66. The quantitative estimate of drug-likeness (QED) is 0.543. The predicted octanol–water partition coefficient (Wildman–Crippen LogP) is 5.66. The Kier molecular flexibility index (Phi) is 4.95. The van der Waals surface area contributed by atoms with Crippen LogP contribution in [0.3, 0.4) is 0 Å². The summed E-state index contributed by atoms with van der Waals surface area (Å²) in [5, 5.41) is 0. The van der Waals surface area contributed by atoms with E-state index in [0.717, 1.165) is 12.5 Å². The Balaban J connectivity index is 1.57. The molecule has 21 heavy (non-hydrogen) atoms. The first-order valence-electron chi connectivity index (χ1n) is 8.85. The second-order valence-electron chi connectivity index (χ2n) is 6.51. The zero-order valence-corrected chi connectivity index (χ0v) is 13.4. The molecule has 0 N–H and O–H groups in total. The Morgan fingerprint density at radius 1 is 1.00 bits per heavy atom. The molecule has 1 aromatic carbocycles. The lowest BCUT2D eigenvalue weighted by Crippen LogP contribution is -2.03. The van der Waals surface area contributed by atoms with Crippen LogP contribution in [0.2, 0.25) is 0 Å². The average Bonchev–Trinajstić information content (AvgIpc) is 3.29. The molecule has 0 unspecified atom stereocenters. The highest BCUT2D eigenvalue weighted by Crippen LogP contribution is 2.40. The molecule has 0 bridgehead atoms. The number of imidazole rings is 1. The van der Waals surface area contributed by atoms with Crippen molar-refractivity contribution in [1.29, 1.82) is 0 Å². The summed E-state index contributed by atoms with van der Waals surface area (Å²) in [4.78, 5) is 4.88. The van der Waals surface area contributed by atoms with Gasteiger partial charge in [-0.1, -0.05) is 57.6 Å². The van der Waals surface area contributed by atoms with Gasteiger partial charge in [-0.25, -0.2) is 4.98 Å². The number of para-hydroxylation sites is 2. The first-order valence-corrected chi connectivity index (χ1v) is 8.85. The van der Waals surface area contributed by atoms with Crippen molar-refractivity contribution in [2.24, 2.45) is 0 Å². The molecule has 1 saturated carbocycles. The second-order valence-corrected chi connectivity index (χ2v) is 6.51. The summed E-state index contributed by atoms with van der Waals surface area (Å²) in [6.45, 7) is 3.43. The number of unbranched alkanes of at least 4 members (excludes halogenated alkanes) is 6. The molecule has 0 amide bonds. The zero-order chi connectivity index (χ0) is 14.5. The SMILES string of the molecule is CCCCCCCCCn1c(C2CC2)nc2ccccc21. The molecule has 2 nitrogen and oxygen atoms in total. The molecule has 2 aromatic rings. The van der Waals surface area contributed by atoms with Gasteiger partial charge in [0.05, 0.1) is 11.0 Å². The van der Waals surface area contributed by atoms with E-state index < -0.39 is 0 Å². The third-order valence-electron chi connectivity index (χ3n) is 4.61. The number of aromatic nitrogens is 2. The van der Waals surface area contributed by atoms with Crippen molar-refractivity contribution in [3.05, 3.63) is 30.1 Å². The van der Waals surface area contributed by atoms with Crippen molar-refractivity contribution in [1.82, 2.24) is 9.55 Å². The van der Waals surface area contributed by atoms with Crippen molar-refractivity contribution in [3.63, 3.8) is 0 Å². The van der Waals surface area contributed by atoms with Crippen LogP contribution in [0.15, 0.2) is 24.3 Å². The van der Waals surface area contributed by atoms with Gasteiger partial charge >= 0.3 is 0 Å². The van der Waals surface area contributed by atoms with Gasteiger partial charge in [-0.05, 0) is 31.4 Å². The van der Waals surface area contributed by atoms with Gasteiger partial charge in [-0.3, -0.25) is 0 Å². The Morgan fingerprint density at radius 3 is 2.48 bits per heavy atom. The van der Waals surface area contributed by atoms with Crippen LogP contribution in [-0.2, 0) is 6.54 Å². The average molecular weight is 284 g/mol.